The van der Waals surface area contributed by atoms with Crippen molar-refractivity contribution in [3.63, 3.8) is 0 Å². The van der Waals surface area contributed by atoms with Gasteiger partial charge in [-0.1, -0.05) is 38.8 Å². The van der Waals surface area contributed by atoms with Crippen LogP contribution in [0.3, 0.4) is 0 Å². The average Bonchev–Trinajstić information content (AvgIpc) is 2.99. The van der Waals surface area contributed by atoms with Crippen molar-refractivity contribution >= 4 is 29.5 Å². The van der Waals surface area contributed by atoms with Gasteiger partial charge in [0.15, 0.2) is 0 Å². The topological polar surface area (TPSA) is 37.3 Å². The number of carboxylic acid groups (broad SMARTS) is 1. The highest BCUT2D eigenvalue weighted by atomic mass is 32.2. The molecule has 1 aliphatic heterocycles. The van der Waals surface area contributed by atoms with Gasteiger partial charge in [-0.25, -0.2) is 0 Å². The Morgan fingerprint density at radius 3 is 2.66 bits per heavy atom. The fourth-order valence-electron chi connectivity index (χ4n) is 8.22. The monoisotopic (exact) mass is 432 g/mol. The first-order valence-electron chi connectivity index (χ1n) is 11.7. The third-order valence-corrected chi connectivity index (χ3v) is 12.4. The first-order chi connectivity index (χ1) is 13.7. The molecule has 0 aromatic carbocycles. The van der Waals surface area contributed by atoms with Gasteiger partial charge in [0.05, 0.1) is 5.41 Å². The van der Waals surface area contributed by atoms with Crippen molar-refractivity contribution < 1.29 is 9.90 Å². The number of thioether (sulfide) groups is 2. The van der Waals surface area contributed by atoms with Crippen LogP contribution in [0, 0.1) is 39.9 Å². The van der Waals surface area contributed by atoms with Crippen LogP contribution >= 0.6 is 23.5 Å². The van der Waals surface area contributed by atoms with Gasteiger partial charge in [-0.15, -0.1) is 23.5 Å². The smallest absolute Gasteiger partial charge is 0.309 e. The van der Waals surface area contributed by atoms with Gasteiger partial charge < -0.3 is 5.11 Å². The number of carboxylic acids is 1. The predicted octanol–water partition coefficient (Wildman–Crippen LogP) is 6.98. The fraction of sp³-hybridized carbons (Fsp3) is 0.800. The lowest BCUT2D eigenvalue weighted by Gasteiger charge is -2.65. The first-order valence-corrected chi connectivity index (χ1v) is 13.6. The second-order valence-electron chi connectivity index (χ2n) is 11.1. The van der Waals surface area contributed by atoms with Gasteiger partial charge in [0, 0.05) is 21.8 Å². The van der Waals surface area contributed by atoms with E-state index in [1.54, 1.807) is 15.4 Å². The van der Waals surface area contributed by atoms with Crippen molar-refractivity contribution in [2.45, 2.75) is 72.6 Å². The molecule has 0 aromatic heterocycles. The minimum atomic E-state index is -0.551. The largest absolute Gasteiger partial charge is 0.481 e. The quantitative estimate of drug-likeness (QED) is 0.478. The Morgan fingerprint density at radius 1 is 1.17 bits per heavy atom. The molecule has 0 saturated heterocycles. The molecule has 0 aromatic rings. The third kappa shape index (κ3) is 2.66. The lowest BCUT2D eigenvalue weighted by atomic mass is 9.39. The van der Waals surface area contributed by atoms with E-state index in [-0.39, 0.29) is 10.8 Å². The number of fused-ring (bicyclic) bond motifs is 2. The van der Waals surface area contributed by atoms with Crippen LogP contribution in [-0.2, 0) is 4.79 Å². The van der Waals surface area contributed by atoms with Crippen LogP contribution in [-0.4, -0.2) is 22.6 Å². The maximum atomic E-state index is 12.5. The summed E-state index contributed by atoms with van der Waals surface area (Å²) in [7, 11) is 0. The summed E-state index contributed by atoms with van der Waals surface area (Å²) in [6.07, 6.45) is 10.7. The van der Waals surface area contributed by atoms with Crippen molar-refractivity contribution in [3.8, 4) is 0 Å². The van der Waals surface area contributed by atoms with E-state index in [1.807, 2.05) is 0 Å². The molecule has 1 N–H and O–H groups in total. The lowest BCUT2D eigenvalue weighted by Crippen LogP contribution is -2.60. The molecule has 4 aliphatic carbocycles. The zero-order chi connectivity index (χ0) is 20.6. The van der Waals surface area contributed by atoms with Gasteiger partial charge in [-0.2, -0.15) is 0 Å². The van der Waals surface area contributed by atoms with Crippen molar-refractivity contribution in [2.24, 2.45) is 39.9 Å². The Labute approximate surface area is 184 Å². The molecule has 2 nitrogen and oxygen atoms in total. The van der Waals surface area contributed by atoms with E-state index >= 15 is 0 Å². The molecule has 0 radical (unpaired) electrons. The molecule has 0 amide bonds. The fourth-order valence-corrected chi connectivity index (χ4v) is 11.2. The summed E-state index contributed by atoms with van der Waals surface area (Å²) < 4.78 is 0. The van der Waals surface area contributed by atoms with Crippen LogP contribution in [0.1, 0.15) is 72.6 Å². The molecule has 6 atom stereocenters. The van der Waals surface area contributed by atoms with Crippen LogP contribution < -0.4 is 0 Å². The Hall–Kier alpha value is -0.350. The van der Waals surface area contributed by atoms with Gasteiger partial charge in [-0.05, 0) is 79.4 Å². The van der Waals surface area contributed by atoms with Crippen LogP contribution in [0.15, 0.2) is 21.5 Å². The number of hydrogen-bond donors (Lipinski definition) is 1. The summed E-state index contributed by atoms with van der Waals surface area (Å²) in [5.41, 5.74) is 1.46. The standard InChI is InChI=1S/C25H36O2S2/c1-15(2)16-6-7-19-23(3)8-5-9-24(4,22(26)27)20(23)13-17-12-18-21(25(17,19)14-16)29-11-10-28-18/h14-15,17,19-20H,5-13H2,1-4H3,(H,26,27)/t17-,19-,20-,23-,24?,25-/m1/s1. The molecular weight excluding hydrogens is 396 g/mol. The summed E-state index contributed by atoms with van der Waals surface area (Å²) >= 11 is 4.26. The Kier molecular flexibility index (Phi) is 4.83. The summed E-state index contributed by atoms with van der Waals surface area (Å²) in [5, 5.41) is 10.3. The number of allylic oxidation sites excluding steroid dienone is 4. The molecule has 5 aliphatic rings. The van der Waals surface area contributed by atoms with Crippen molar-refractivity contribution in [1.29, 1.82) is 0 Å². The van der Waals surface area contributed by atoms with Gasteiger partial charge in [0.2, 0.25) is 0 Å². The van der Waals surface area contributed by atoms with Crippen LogP contribution in [0.25, 0.3) is 0 Å². The highest BCUT2D eigenvalue weighted by Gasteiger charge is 2.68. The average molecular weight is 433 g/mol. The Balaban J connectivity index is 1.68. The van der Waals surface area contributed by atoms with E-state index in [9.17, 15) is 9.90 Å². The number of aliphatic carboxylic acids is 1. The summed E-state index contributed by atoms with van der Waals surface area (Å²) in [5.74, 6) is 4.09. The number of rotatable bonds is 2. The maximum absolute atomic E-state index is 12.5. The maximum Gasteiger partial charge on any atom is 0.309 e. The van der Waals surface area contributed by atoms with E-state index in [1.165, 1.54) is 37.2 Å². The summed E-state index contributed by atoms with van der Waals surface area (Å²) in [4.78, 5) is 15.9. The molecule has 2 fully saturated rings. The van der Waals surface area contributed by atoms with Gasteiger partial charge in [0.1, 0.15) is 0 Å². The van der Waals surface area contributed by atoms with Gasteiger partial charge in [0.25, 0.3) is 0 Å². The van der Waals surface area contributed by atoms with E-state index in [0.717, 1.165) is 19.3 Å². The Morgan fingerprint density at radius 2 is 1.93 bits per heavy atom. The summed E-state index contributed by atoms with van der Waals surface area (Å²) in [6.45, 7) is 9.29. The minimum absolute atomic E-state index is 0.145. The normalized spacial score (nSPS) is 46.5. The molecule has 1 heterocycles. The molecule has 1 unspecified atom stereocenters. The van der Waals surface area contributed by atoms with E-state index in [4.69, 9.17) is 0 Å². The van der Waals surface area contributed by atoms with Crippen molar-refractivity contribution in [1.82, 2.24) is 0 Å². The number of carbonyl (C=O) groups is 1. The van der Waals surface area contributed by atoms with E-state index in [2.05, 4.69) is 57.3 Å². The minimum Gasteiger partial charge on any atom is -0.481 e. The van der Waals surface area contributed by atoms with E-state index < -0.39 is 11.4 Å². The molecule has 4 heteroatoms. The van der Waals surface area contributed by atoms with Crippen LogP contribution in [0.5, 0.6) is 0 Å². The second kappa shape index (κ2) is 6.82. The van der Waals surface area contributed by atoms with E-state index in [0.29, 0.717) is 23.7 Å². The molecule has 5 rings (SSSR count). The first kappa shape index (κ1) is 20.5. The Bertz CT molecular complexity index is 799. The SMILES string of the molecule is CC(C)C1=C[C@@]23C4=C(C[C@@H]2C[C@H]2C(C)(C(=O)O)CCC[C@]2(C)[C@H]3CC1)SCCS4. The zero-order valence-electron chi connectivity index (χ0n) is 18.4. The van der Waals surface area contributed by atoms with Crippen LogP contribution in [0.4, 0.5) is 0 Å². The molecule has 0 bridgehead atoms. The third-order valence-electron chi connectivity index (χ3n) is 9.61. The summed E-state index contributed by atoms with van der Waals surface area (Å²) in [6, 6.07) is 0. The second-order valence-corrected chi connectivity index (χ2v) is 13.4. The number of hydrogen-bond acceptors (Lipinski definition) is 3. The van der Waals surface area contributed by atoms with Crippen molar-refractivity contribution in [3.05, 3.63) is 21.5 Å². The van der Waals surface area contributed by atoms with Crippen molar-refractivity contribution in [2.75, 3.05) is 11.5 Å². The zero-order valence-corrected chi connectivity index (χ0v) is 20.1. The highest BCUT2D eigenvalue weighted by Crippen LogP contribution is 2.75. The molecule has 1 spiro atoms. The molecular formula is C25H36O2S2. The van der Waals surface area contributed by atoms with Gasteiger partial charge in [-0.3, -0.25) is 4.79 Å². The molecule has 2 saturated carbocycles. The molecule has 29 heavy (non-hydrogen) atoms. The van der Waals surface area contributed by atoms with Gasteiger partial charge >= 0.3 is 5.97 Å². The predicted molar refractivity (Wildman–Crippen MR) is 124 cm³/mol. The van der Waals surface area contributed by atoms with Crippen LogP contribution in [0.2, 0.25) is 0 Å². The highest BCUT2D eigenvalue weighted by molar-refractivity contribution is 8.10. The molecule has 160 valence electrons. The lowest BCUT2D eigenvalue weighted by molar-refractivity contribution is -0.178.